The molecule has 0 bridgehead atoms. The molecule has 2 aromatic heterocycles. The molecule has 15 nitrogen and oxygen atoms in total. The van der Waals surface area contributed by atoms with Gasteiger partial charge in [-0.25, -0.2) is 19.7 Å². The van der Waals surface area contributed by atoms with Crippen molar-refractivity contribution in [3.8, 4) is 11.5 Å². The molecule has 4 heterocycles. The number of fused-ring (bicyclic) bond motifs is 2. The molecule has 1 aromatic carbocycles. The van der Waals surface area contributed by atoms with E-state index in [1.54, 1.807) is 23.1 Å². The maximum atomic E-state index is 12.4. The molecular weight excluding hydrogens is 500 g/mol. The van der Waals surface area contributed by atoms with Crippen molar-refractivity contribution in [2.75, 3.05) is 12.3 Å². The maximum Gasteiger partial charge on any atom is 0.362 e. The highest BCUT2D eigenvalue weighted by Crippen LogP contribution is 2.44. The van der Waals surface area contributed by atoms with Gasteiger partial charge in [0.15, 0.2) is 35.0 Å². The van der Waals surface area contributed by atoms with Crippen LogP contribution in [-0.4, -0.2) is 74.8 Å². The van der Waals surface area contributed by atoms with Gasteiger partial charge in [-0.05, 0) is 26.0 Å². The Hall–Kier alpha value is -3.57. The Balaban J connectivity index is 1.34. The van der Waals surface area contributed by atoms with Gasteiger partial charge < -0.3 is 30.2 Å². The number of hydrogen-bond donors (Lipinski definition) is 4. The number of nitrogens with zero attached hydrogens (tertiary/aromatic N) is 4. The van der Waals surface area contributed by atoms with Crippen LogP contribution in [0.1, 0.15) is 30.4 Å². The van der Waals surface area contributed by atoms with E-state index in [9.17, 15) is 23.4 Å². The molecule has 5 N–H and O–H groups in total. The first-order valence-corrected chi connectivity index (χ1v) is 12.0. The molecule has 0 spiro atoms. The summed E-state index contributed by atoms with van der Waals surface area (Å²) in [6.07, 6.45) is -0.427. The third-order valence-corrected chi connectivity index (χ3v) is 6.53. The highest BCUT2D eigenvalue weighted by molar-refractivity contribution is 7.85. The molecule has 2 aliphatic rings. The summed E-state index contributed by atoms with van der Waals surface area (Å²) in [5, 5.41) is 19.3. The van der Waals surface area contributed by atoms with Crippen LogP contribution in [0.5, 0.6) is 11.5 Å². The Bertz CT molecular complexity index is 1440. The third kappa shape index (κ3) is 4.28. The van der Waals surface area contributed by atoms with E-state index in [1.165, 1.54) is 18.7 Å². The van der Waals surface area contributed by atoms with E-state index in [2.05, 4.69) is 15.0 Å². The zero-order valence-corrected chi connectivity index (χ0v) is 19.7. The monoisotopic (exact) mass is 522 g/mol. The first-order chi connectivity index (χ1) is 17.0. The van der Waals surface area contributed by atoms with Crippen LogP contribution in [0.15, 0.2) is 30.9 Å². The predicted molar refractivity (Wildman–Crippen MR) is 120 cm³/mol. The minimum absolute atomic E-state index is 0.178. The number of nitrogen functional groups attached to an aromatic ring is 1. The second kappa shape index (κ2) is 8.52. The fraction of sp³-hybridized carbons (Fsp3) is 0.400. The van der Waals surface area contributed by atoms with Crippen LogP contribution >= 0.6 is 0 Å². The molecule has 0 radical (unpaired) electrons. The zero-order valence-electron chi connectivity index (χ0n) is 18.9. The Kier molecular flexibility index (Phi) is 5.72. The number of imidazole rings is 1. The summed E-state index contributed by atoms with van der Waals surface area (Å²) in [7, 11) is -4.64. The van der Waals surface area contributed by atoms with Crippen LogP contribution in [0.3, 0.4) is 0 Å². The number of aromatic nitrogens is 4. The van der Waals surface area contributed by atoms with Crippen molar-refractivity contribution in [2.45, 2.75) is 44.2 Å². The maximum absolute atomic E-state index is 12.4. The van der Waals surface area contributed by atoms with Crippen LogP contribution in [0.25, 0.3) is 11.2 Å². The normalized spacial score (nSPS) is 25.2. The Labute approximate surface area is 204 Å². The van der Waals surface area contributed by atoms with Crippen molar-refractivity contribution in [1.29, 1.82) is 0 Å². The summed E-state index contributed by atoms with van der Waals surface area (Å²) in [5.41, 5.74) is 6.15. The summed E-state index contributed by atoms with van der Waals surface area (Å²) in [5.74, 6) is -3.38. The fourth-order valence-electron chi connectivity index (χ4n) is 4.14. The van der Waals surface area contributed by atoms with Gasteiger partial charge in [-0.3, -0.25) is 13.5 Å². The number of nitrogens with two attached hydrogens (primary N) is 1. The number of amides is 1. The average molecular weight is 522 g/mol. The number of carbonyl (C=O) groups is 1. The van der Waals surface area contributed by atoms with E-state index in [0.29, 0.717) is 11.2 Å². The molecule has 1 amide bonds. The van der Waals surface area contributed by atoms with Crippen LogP contribution in [-0.2, 0) is 28.7 Å². The lowest BCUT2D eigenvalue weighted by Crippen LogP contribution is -2.37. The molecule has 0 unspecified atom stereocenters. The summed E-state index contributed by atoms with van der Waals surface area (Å²) in [6, 6.07) is 3.53. The predicted octanol–water partition coefficient (Wildman–Crippen LogP) is -0.0714. The van der Waals surface area contributed by atoms with E-state index in [4.69, 9.17) is 24.1 Å². The van der Waals surface area contributed by atoms with Crippen molar-refractivity contribution in [1.82, 2.24) is 24.2 Å². The molecule has 5 rings (SSSR count). The Morgan fingerprint density at radius 2 is 1.97 bits per heavy atom. The molecule has 4 atom stereocenters. The van der Waals surface area contributed by atoms with Gasteiger partial charge in [0.05, 0.1) is 18.5 Å². The van der Waals surface area contributed by atoms with Gasteiger partial charge in [0.1, 0.15) is 30.2 Å². The van der Waals surface area contributed by atoms with Crippen LogP contribution in [0, 0.1) is 0 Å². The molecule has 0 saturated carbocycles. The molecule has 3 aromatic rings. The number of benzene rings is 1. The lowest BCUT2D eigenvalue weighted by atomic mass is 10.1. The van der Waals surface area contributed by atoms with E-state index in [1.807, 2.05) is 0 Å². The first-order valence-electron chi connectivity index (χ1n) is 10.6. The molecule has 2 fully saturated rings. The molecular formula is C20H22N6O9S. The summed E-state index contributed by atoms with van der Waals surface area (Å²) < 4.78 is 51.1. The number of ether oxygens (including phenoxy) is 3. The average Bonchev–Trinajstić information content (AvgIpc) is 3.45. The molecule has 192 valence electrons. The van der Waals surface area contributed by atoms with Crippen LogP contribution < -0.4 is 10.5 Å². The Morgan fingerprint density at radius 1 is 1.22 bits per heavy atom. The number of rotatable bonds is 6. The summed E-state index contributed by atoms with van der Waals surface area (Å²) in [4.78, 5) is 24.6. The topological polar surface area (TPSA) is 210 Å². The minimum atomic E-state index is -4.64. The van der Waals surface area contributed by atoms with Gasteiger partial charge in [-0.1, -0.05) is 6.07 Å². The molecule has 0 aliphatic carbocycles. The largest absolute Gasteiger partial charge is 0.504 e. The number of hydrogen-bond acceptors (Lipinski definition) is 13. The fourth-order valence-corrected chi connectivity index (χ4v) is 4.85. The summed E-state index contributed by atoms with van der Waals surface area (Å²) >= 11 is 0. The number of anilines is 1. The highest BCUT2D eigenvalue weighted by Gasteiger charge is 2.56. The summed E-state index contributed by atoms with van der Waals surface area (Å²) in [6.45, 7) is 2.87. The zero-order chi connectivity index (χ0) is 25.8. The number of nitrogens with one attached hydrogen (secondary N) is 1. The van der Waals surface area contributed by atoms with Gasteiger partial charge in [-0.2, -0.15) is 8.42 Å². The molecule has 16 heteroatoms. The van der Waals surface area contributed by atoms with Crippen LogP contribution in [0.2, 0.25) is 0 Å². The second-order valence-electron chi connectivity index (χ2n) is 8.56. The van der Waals surface area contributed by atoms with E-state index >= 15 is 0 Å². The van der Waals surface area contributed by atoms with Gasteiger partial charge in [0.2, 0.25) is 0 Å². The lowest BCUT2D eigenvalue weighted by Gasteiger charge is -2.24. The van der Waals surface area contributed by atoms with Crippen LogP contribution in [0.4, 0.5) is 5.82 Å². The number of phenols is 2. The lowest BCUT2D eigenvalue weighted by molar-refractivity contribution is -0.198. The van der Waals surface area contributed by atoms with Gasteiger partial charge in [0.25, 0.3) is 5.91 Å². The third-order valence-electron chi connectivity index (χ3n) is 5.65. The van der Waals surface area contributed by atoms with Crippen molar-refractivity contribution >= 4 is 33.2 Å². The number of phenolic OH excluding ortho intramolecular Hbond substituents is 2. The molecule has 2 saturated heterocycles. The van der Waals surface area contributed by atoms with Crippen molar-refractivity contribution in [3.05, 3.63) is 36.4 Å². The van der Waals surface area contributed by atoms with Crippen molar-refractivity contribution < 1.29 is 41.8 Å². The smallest absolute Gasteiger partial charge is 0.362 e. The SMILES string of the molecule is CC1(C)O[C@@H]2[C@H](O1)[C@@H](COS(=O)(=O)NC(=O)c1cccc(O)c1O)O[C@H]2n1cnc2c(N)ncnc21. The number of aromatic hydroxyl groups is 2. The first kappa shape index (κ1) is 24.1. The van der Waals surface area contributed by atoms with Crippen molar-refractivity contribution in [3.63, 3.8) is 0 Å². The number of carbonyl (C=O) groups excluding carboxylic acids is 1. The molecule has 36 heavy (non-hydrogen) atoms. The standard InChI is InChI=1S/C20H22N6O9S/c1-20(2)34-14-11(6-32-36(30,31)25-18(29)9-4-3-5-10(27)13(9)28)33-19(15(14)35-20)26-8-24-12-16(21)22-7-23-17(12)26/h3-5,7-8,11,14-15,19,27-28H,6H2,1-2H3,(H,25,29)(H2,21,22,23)/t11-,14-,15-,19-/m1/s1. The second-order valence-corrected chi connectivity index (χ2v) is 9.90. The minimum Gasteiger partial charge on any atom is -0.504 e. The van der Waals surface area contributed by atoms with E-state index in [0.717, 1.165) is 12.1 Å². The van der Waals surface area contributed by atoms with Crippen molar-refractivity contribution in [2.24, 2.45) is 0 Å². The number of para-hydroxylation sites is 1. The highest BCUT2D eigenvalue weighted by atomic mass is 32.2. The Morgan fingerprint density at radius 3 is 2.75 bits per heavy atom. The van der Waals surface area contributed by atoms with E-state index < -0.39 is 70.2 Å². The van der Waals surface area contributed by atoms with E-state index in [-0.39, 0.29) is 5.82 Å². The quantitative estimate of drug-likeness (QED) is 0.313. The van der Waals surface area contributed by atoms with Gasteiger partial charge in [0, 0.05) is 0 Å². The van der Waals surface area contributed by atoms with Gasteiger partial charge in [-0.15, -0.1) is 0 Å². The van der Waals surface area contributed by atoms with Gasteiger partial charge >= 0.3 is 10.3 Å². The molecule has 2 aliphatic heterocycles.